The quantitative estimate of drug-likeness (QED) is 0.568. The molecule has 1 spiro atoms. The topological polar surface area (TPSA) is 67.8 Å². The molecule has 0 bridgehead atoms. The predicted molar refractivity (Wildman–Crippen MR) is 118 cm³/mol. The van der Waals surface area contributed by atoms with Gasteiger partial charge in [0.25, 0.3) is 0 Å². The van der Waals surface area contributed by atoms with E-state index < -0.39 is 17.2 Å². The van der Waals surface area contributed by atoms with E-state index in [4.69, 9.17) is 9.47 Å². The first kappa shape index (κ1) is 22.7. The fraction of sp³-hybridized carbons (Fsp3) is 0.500. The second-order valence-electron chi connectivity index (χ2n) is 9.33. The smallest absolute Gasteiger partial charge is 0.410 e. The van der Waals surface area contributed by atoms with Crippen molar-refractivity contribution in [2.75, 3.05) is 31.1 Å². The minimum absolute atomic E-state index is 0.0686. The zero-order valence-corrected chi connectivity index (χ0v) is 19.8. The number of likely N-dealkylation sites (tertiary alicyclic amines) is 1. The Bertz CT molecular complexity index is 1010. The van der Waals surface area contributed by atoms with Gasteiger partial charge >= 0.3 is 6.09 Å². The van der Waals surface area contributed by atoms with Crippen LogP contribution in [0, 0.1) is 17.0 Å². The second-order valence-corrected chi connectivity index (χ2v) is 10.2. The van der Waals surface area contributed by atoms with Gasteiger partial charge in [-0.2, -0.15) is 0 Å². The summed E-state index contributed by atoms with van der Waals surface area (Å²) in [5.41, 5.74) is -0.605. The molecule has 2 aromatic rings. The van der Waals surface area contributed by atoms with E-state index in [1.807, 2.05) is 20.8 Å². The number of carbonyl (C=O) groups is 1. The van der Waals surface area contributed by atoms with Gasteiger partial charge in [0.2, 0.25) is 0 Å². The lowest BCUT2D eigenvalue weighted by atomic mass is 9.86. The van der Waals surface area contributed by atoms with Gasteiger partial charge in [0.1, 0.15) is 17.7 Å². The van der Waals surface area contributed by atoms with Crippen LogP contribution in [0.5, 0.6) is 11.5 Å². The molecule has 3 heterocycles. The molecule has 1 aromatic heterocycles. The molecule has 1 atom stereocenters. The highest BCUT2D eigenvalue weighted by Gasteiger charge is 2.46. The molecule has 0 radical (unpaired) electrons. The molecule has 0 N–H and O–H groups in total. The molecule has 0 saturated carbocycles. The summed E-state index contributed by atoms with van der Waals surface area (Å²) in [5.74, 6) is -0.855. The second kappa shape index (κ2) is 8.46. The molecule has 1 aromatic carbocycles. The third-order valence-corrected chi connectivity index (χ3v) is 6.25. The Morgan fingerprint density at radius 3 is 2.66 bits per heavy atom. The van der Waals surface area contributed by atoms with Crippen LogP contribution in [0.2, 0.25) is 0 Å². The van der Waals surface area contributed by atoms with Gasteiger partial charge in [-0.15, -0.1) is 0 Å². The number of carbonyl (C=O) groups excluding carboxylic acids is 1. The lowest BCUT2D eigenvalue weighted by Gasteiger charge is -2.27. The first-order valence-corrected chi connectivity index (χ1v) is 11.2. The Morgan fingerprint density at radius 1 is 1.19 bits per heavy atom. The van der Waals surface area contributed by atoms with Crippen LogP contribution in [-0.4, -0.2) is 52.7 Å². The van der Waals surface area contributed by atoms with Crippen LogP contribution in [0.1, 0.15) is 33.6 Å². The van der Waals surface area contributed by atoms with E-state index in [1.54, 1.807) is 4.90 Å². The molecule has 1 unspecified atom stereocenters. The number of hydrogen-bond donors (Lipinski definition) is 0. The Kier molecular flexibility index (Phi) is 6.00. The molecular weight excluding hydrogens is 486 g/mol. The maximum atomic E-state index is 14.3. The summed E-state index contributed by atoms with van der Waals surface area (Å²) in [6.07, 6.45) is 4.32. The molecule has 172 valence electrons. The van der Waals surface area contributed by atoms with E-state index >= 15 is 0 Å². The van der Waals surface area contributed by atoms with Crippen LogP contribution in [0.15, 0.2) is 29.1 Å². The Hall–Kier alpha value is -2.49. The molecule has 4 rings (SSSR count). The van der Waals surface area contributed by atoms with Gasteiger partial charge in [0.05, 0.1) is 10.7 Å². The largest absolute Gasteiger partial charge is 0.448 e. The molecule has 1 amide bonds. The van der Waals surface area contributed by atoms with Gasteiger partial charge in [-0.25, -0.2) is 23.5 Å². The van der Waals surface area contributed by atoms with Crippen LogP contribution in [0.25, 0.3) is 0 Å². The summed E-state index contributed by atoms with van der Waals surface area (Å²) < 4.78 is 39.2. The first-order valence-electron chi connectivity index (χ1n) is 10.4. The molecule has 2 fully saturated rings. The van der Waals surface area contributed by atoms with Crippen molar-refractivity contribution in [3.8, 4) is 11.5 Å². The summed E-state index contributed by atoms with van der Waals surface area (Å²) in [6.45, 7) is 8.20. The summed E-state index contributed by atoms with van der Waals surface area (Å²) >= 11 is 3.14. The zero-order valence-electron chi connectivity index (χ0n) is 18.2. The minimum Gasteiger partial charge on any atom is -0.448 e. The molecule has 2 saturated heterocycles. The summed E-state index contributed by atoms with van der Waals surface area (Å²) in [6, 6.07) is 1.90. The van der Waals surface area contributed by atoms with Crippen LogP contribution in [0.3, 0.4) is 0 Å². The Labute approximate surface area is 193 Å². The monoisotopic (exact) mass is 510 g/mol. The lowest BCUT2D eigenvalue weighted by molar-refractivity contribution is 0.0276. The maximum absolute atomic E-state index is 14.3. The molecule has 2 aliphatic heterocycles. The number of anilines is 1. The number of nitrogens with zero attached hydrogens (tertiary/aromatic N) is 4. The maximum Gasteiger partial charge on any atom is 0.410 e. The average molecular weight is 511 g/mol. The summed E-state index contributed by atoms with van der Waals surface area (Å²) in [4.78, 5) is 24.7. The van der Waals surface area contributed by atoms with Crippen molar-refractivity contribution in [2.45, 2.75) is 39.2 Å². The van der Waals surface area contributed by atoms with Crippen molar-refractivity contribution in [3.63, 3.8) is 0 Å². The van der Waals surface area contributed by atoms with E-state index in [0.29, 0.717) is 32.0 Å². The lowest BCUT2D eigenvalue weighted by Crippen LogP contribution is -2.37. The van der Waals surface area contributed by atoms with Crippen molar-refractivity contribution in [1.82, 2.24) is 14.9 Å². The van der Waals surface area contributed by atoms with Gasteiger partial charge < -0.3 is 19.3 Å². The highest BCUT2D eigenvalue weighted by molar-refractivity contribution is 9.10. The van der Waals surface area contributed by atoms with Gasteiger partial charge in [0, 0.05) is 37.7 Å². The summed E-state index contributed by atoms with van der Waals surface area (Å²) in [7, 11) is 0. The molecular formula is C22H25BrF2N4O3. The number of benzene rings is 1. The van der Waals surface area contributed by atoms with Crippen LogP contribution < -0.4 is 9.64 Å². The number of ether oxygens (including phenoxy) is 2. The number of hydrogen-bond acceptors (Lipinski definition) is 6. The van der Waals surface area contributed by atoms with Gasteiger partial charge in [-0.05, 0) is 55.6 Å². The Balaban J connectivity index is 1.50. The SMILES string of the molecule is CC(C)(C)OC(=O)N1CCC2(CCN(c3ncncc3Oc3c(F)cc(F)cc3Br)C2)C1. The standard InChI is InChI=1S/C22H25BrF2N4O3/c1-21(2,3)32-20(30)29-7-5-22(12-29)4-6-28(11-22)19-17(10-26-13-27-19)31-18-15(23)8-14(24)9-16(18)25/h8-10,13H,4-7,11-12H2,1-3H3. The number of amides is 1. The van der Waals surface area contributed by atoms with Gasteiger partial charge in [-0.3, -0.25) is 0 Å². The zero-order chi connectivity index (χ0) is 23.1. The summed E-state index contributed by atoms with van der Waals surface area (Å²) in [5, 5.41) is 0. The predicted octanol–water partition coefficient (Wildman–Crippen LogP) is 5.15. The molecule has 7 nitrogen and oxygen atoms in total. The number of aromatic nitrogens is 2. The van der Waals surface area contributed by atoms with E-state index in [1.165, 1.54) is 12.5 Å². The fourth-order valence-electron chi connectivity index (χ4n) is 4.22. The van der Waals surface area contributed by atoms with Gasteiger partial charge in [0.15, 0.2) is 23.1 Å². The number of halogens is 3. The van der Waals surface area contributed by atoms with Crippen molar-refractivity contribution < 1.29 is 23.0 Å². The van der Waals surface area contributed by atoms with E-state index in [0.717, 1.165) is 25.0 Å². The molecule has 2 aliphatic rings. The van der Waals surface area contributed by atoms with E-state index in [9.17, 15) is 13.6 Å². The van der Waals surface area contributed by atoms with Crippen molar-refractivity contribution in [1.29, 1.82) is 0 Å². The van der Waals surface area contributed by atoms with Gasteiger partial charge in [-0.1, -0.05) is 0 Å². The third-order valence-electron chi connectivity index (χ3n) is 5.66. The number of rotatable bonds is 3. The van der Waals surface area contributed by atoms with E-state index in [2.05, 4.69) is 30.8 Å². The average Bonchev–Trinajstić information content (AvgIpc) is 3.31. The van der Waals surface area contributed by atoms with Crippen LogP contribution >= 0.6 is 15.9 Å². The van der Waals surface area contributed by atoms with Crippen molar-refractivity contribution in [2.24, 2.45) is 5.41 Å². The highest BCUT2D eigenvalue weighted by Crippen LogP contribution is 2.44. The van der Waals surface area contributed by atoms with E-state index in [-0.39, 0.29) is 27.5 Å². The Morgan fingerprint density at radius 2 is 1.94 bits per heavy atom. The molecule has 32 heavy (non-hydrogen) atoms. The molecule has 10 heteroatoms. The third kappa shape index (κ3) is 4.79. The van der Waals surface area contributed by atoms with Crippen molar-refractivity contribution in [3.05, 3.63) is 40.8 Å². The minimum atomic E-state index is -0.826. The normalized spacial score (nSPS) is 20.8. The molecule has 0 aliphatic carbocycles. The van der Waals surface area contributed by atoms with Crippen LogP contribution in [-0.2, 0) is 4.74 Å². The van der Waals surface area contributed by atoms with Crippen molar-refractivity contribution >= 4 is 27.8 Å². The fourth-order valence-corrected chi connectivity index (χ4v) is 4.71. The van der Waals surface area contributed by atoms with Crippen LogP contribution in [0.4, 0.5) is 19.4 Å². The highest BCUT2D eigenvalue weighted by atomic mass is 79.9. The first-order chi connectivity index (χ1) is 15.1.